The smallest absolute Gasteiger partial charge is 0.281 e. The first-order valence-corrected chi connectivity index (χ1v) is 12.0. The van der Waals surface area contributed by atoms with Crippen LogP contribution in [-0.2, 0) is 14.8 Å². The van der Waals surface area contributed by atoms with Gasteiger partial charge in [-0.05, 0) is 55.0 Å². The predicted molar refractivity (Wildman–Crippen MR) is 114 cm³/mol. The number of nitrogens with zero attached hydrogens (tertiary/aromatic N) is 1. The van der Waals surface area contributed by atoms with Crippen molar-refractivity contribution >= 4 is 21.7 Å². The van der Waals surface area contributed by atoms with Crippen molar-refractivity contribution in [2.24, 2.45) is 0 Å². The quantitative estimate of drug-likeness (QED) is 0.673. The summed E-state index contributed by atoms with van der Waals surface area (Å²) in [5.41, 5.74) is 5.88. The minimum Gasteiger partial charge on any atom is -0.477 e. The second-order valence-corrected chi connectivity index (χ2v) is 10.2. The van der Waals surface area contributed by atoms with E-state index < -0.39 is 27.5 Å². The van der Waals surface area contributed by atoms with Crippen molar-refractivity contribution in [1.82, 2.24) is 9.71 Å². The number of nitrogens with two attached hydrogens (primary N) is 1. The molecule has 10 heteroatoms. The SMILES string of the molecule is Cc1ccc(C2CCC(F)(F)CC2)c(OC2(C(=O)NS(=O)(=O)c3cccc(N)n3)CC2)c1. The van der Waals surface area contributed by atoms with Gasteiger partial charge in [0.25, 0.3) is 15.9 Å². The first-order valence-electron chi connectivity index (χ1n) is 10.5. The van der Waals surface area contributed by atoms with Gasteiger partial charge in [0.2, 0.25) is 5.92 Å². The largest absolute Gasteiger partial charge is 0.477 e. The van der Waals surface area contributed by atoms with E-state index in [4.69, 9.17) is 10.5 Å². The number of carbonyl (C=O) groups is 1. The fraction of sp³-hybridized carbons (Fsp3) is 0.455. The van der Waals surface area contributed by atoms with Crippen LogP contribution in [0.2, 0.25) is 0 Å². The summed E-state index contributed by atoms with van der Waals surface area (Å²) in [6, 6.07) is 9.60. The van der Waals surface area contributed by atoms with Crippen LogP contribution in [0.1, 0.15) is 55.6 Å². The van der Waals surface area contributed by atoms with Gasteiger partial charge in [-0.2, -0.15) is 8.42 Å². The summed E-state index contributed by atoms with van der Waals surface area (Å²) in [7, 11) is -4.22. The molecule has 32 heavy (non-hydrogen) atoms. The number of ether oxygens (including phenoxy) is 1. The van der Waals surface area contributed by atoms with Crippen molar-refractivity contribution in [2.45, 2.75) is 67.9 Å². The number of aromatic nitrogens is 1. The number of nitrogens with one attached hydrogen (secondary N) is 1. The zero-order valence-corrected chi connectivity index (χ0v) is 18.4. The molecule has 2 aliphatic carbocycles. The molecule has 2 aromatic rings. The zero-order valence-electron chi connectivity index (χ0n) is 17.6. The summed E-state index contributed by atoms with van der Waals surface area (Å²) < 4.78 is 60.5. The Bertz CT molecular complexity index is 1140. The Morgan fingerprint density at radius 1 is 1.16 bits per heavy atom. The van der Waals surface area contributed by atoms with Gasteiger partial charge in [-0.1, -0.05) is 18.2 Å². The van der Waals surface area contributed by atoms with E-state index in [0.29, 0.717) is 31.4 Å². The van der Waals surface area contributed by atoms with Crippen LogP contribution < -0.4 is 15.2 Å². The Hall–Kier alpha value is -2.75. The number of halogens is 2. The fourth-order valence-corrected chi connectivity index (χ4v) is 4.98. The standard InChI is InChI=1S/C22H25F2N3O4S/c1-14-5-6-16(15-7-9-22(23,24)10-8-15)17(13-14)31-21(11-12-21)20(28)27-32(29,30)19-4-2-3-18(25)26-19/h2-6,13,15H,7-12H2,1H3,(H2,25,26)(H,27,28). The molecule has 1 aromatic carbocycles. The first-order chi connectivity index (χ1) is 15.0. The highest BCUT2D eigenvalue weighted by molar-refractivity contribution is 7.90. The number of anilines is 1. The lowest BCUT2D eigenvalue weighted by Crippen LogP contribution is -2.43. The maximum atomic E-state index is 13.6. The molecule has 1 amide bonds. The third-order valence-corrected chi connectivity index (χ3v) is 7.23. The van der Waals surface area contributed by atoms with Gasteiger partial charge in [0.1, 0.15) is 11.6 Å². The molecule has 3 N–H and O–H groups in total. The Morgan fingerprint density at radius 3 is 2.47 bits per heavy atom. The van der Waals surface area contributed by atoms with Crippen LogP contribution in [0.3, 0.4) is 0 Å². The molecule has 172 valence electrons. The summed E-state index contributed by atoms with van der Waals surface area (Å²) in [6.07, 6.45) is 0.940. The van der Waals surface area contributed by atoms with E-state index in [1.54, 1.807) is 6.07 Å². The van der Waals surface area contributed by atoms with E-state index in [9.17, 15) is 22.0 Å². The number of amides is 1. The number of sulfonamides is 1. The van der Waals surface area contributed by atoms with Crippen LogP contribution in [0.4, 0.5) is 14.6 Å². The first kappa shape index (κ1) is 22.4. The summed E-state index contributed by atoms with van der Waals surface area (Å²) >= 11 is 0. The van der Waals surface area contributed by atoms with E-state index in [1.807, 2.05) is 23.8 Å². The number of alkyl halides is 2. The van der Waals surface area contributed by atoms with Crippen molar-refractivity contribution in [3.05, 3.63) is 47.5 Å². The van der Waals surface area contributed by atoms with Gasteiger partial charge in [0, 0.05) is 25.7 Å². The van der Waals surface area contributed by atoms with Gasteiger partial charge in [0.05, 0.1) is 0 Å². The van der Waals surface area contributed by atoms with E-state index in [1.165, 1.54) is 18.2 Å². The molecule has 0 saturated heterocycles. The molecule has 0 spiro atoms. The summed E-state index contributed by atoms with van der Waals surface area (Å²) in [4.78, 5) is 16.6. The molecule has 1 heterocycles. The molecule has 2 fully saturated rings. The maximum Gasteiger partial charge on any atom is 0.281 e. The third-order valence-electron chi connectivity index (χ3n) is 6.00. The summed E-state index contributed by atoms with van der Waals surface area (Å²) in [6.45, 7) is 1.86. The lowest BCUT2D eigenvalue weighted by molar-refractivity contribution is -0.128. The third kappa shape index (κ3) is 4.69. The Balaban J connectivity index is 1.54. The molecule has 4 rings (SSSR count). The van der Waals surface area contributed by atoms with Crippen molar-refractivity contribution in [1.29, 1.82) is 0 Å². The van der Waals surface area contributed by atoms with Gasteiger partial charge in [0.15, 0.2) is 10.6 Å². The molecular formula is C22H25F2N3O4S. The molecule has 0 unspecified atom stereocenters. The van der Waals surface area contributed by atoms with E-state index in [-0.39, 0.29) is 29.6 Å². The van der Waals surface area contributed by atoms with Crippen LogP contribution in [0, 0.1) is 6.92 Å². The zero-order chi connectivity index (χ0) is 23.1. The summed E-state index contributed by atoms with van der Waals surface area (Å²) in [5, 5.41) is -0.360. The molecular weight excluding hydrogens is 440 g/mol. The Morgan fingerprint density at radius 2 is 1.84 bits per heavy atom. The molecule has 7 nitrogen and oxygen atoms in total. The average molecular weight is 466 g/mol. The normalized spacial score (nSPS) is 19.8. The number of nitrogen functional groups attached to an aromatic ring is 1. The van der Waals surface area contributed by atoms with Crippen LogP contribution in [0.15, 0.2) is 41.4 Å². The predicted octanol–water partition coefficient (Wildman–Crippen LogP) is 3.68. The highest BCUT2D eigenvalue weighted by atomic mass is 32.2. The Labute approximate surface area is 185 Å². The lowest BCUT2D eigenvalue weighted by atomic mass is 9.81. The number of hydrogen-bond acceptors (Lipinski definition) is 6. The van der Waals surface area contributed by atoms with Crippen LogP contribution >= 0.6 is 0 Å². The number of benzene rings is 1. The lowest BCUT2D eigenvalue weighted by Gasteiger charge is -2.30. The minimum atomic E-state index is -4.22. The highest BCUT2D eigenvalue weighted by Crippen LogP contribution is 2.47. The molecule has 1 aromatic heterocycles. The van der Waals surface area contributed by atoms with Crippen molar-refractivity contribution < 1.29 is 26.7 Å². The van der Waals surface area contributed by atoms with Crippen molar-refractivity contribution in [3.8, 4) is 5.75 Å². The fourth-order valence-electron chi connectivity index (χ4n) is 3.97. The van der Waals surface area contributed by atoms with Gasteiger partial charge in [-0.3, -0.25) is 4.79 Å². The number of carbonyl (C=O) groups excluding carboxylic acids is 1. The number of aryl methyl sites for hydroxylation is 1. The van der Waals surface area contributed by atoms with Crippen LogP contribution in [-0.4, -0.2) is 30.8 Å². The average Bonchev–Trinajstić information content (AvgIpc) is 3.49. The number of pyridine rings is 1. The minimum absolute atomic E-state index is 0.0140. The molecule has 0 atom stereocenters. The van der Waals surface area contributed by atoms with Gasteiger partial charge >= 0.3 is 0 Å². The van der Waals surface area contributed by atoms with Crippen LogP contribution in [0.5, 0.6) is 5.75 Å². The second kappa shape index (κ2) is 7.99. The monoisotopic (exact) mass is 465 g/mol. The molecule has 2 aliphatic rings. The topological polar surface area (TPSA) is 111 Å². The molecule has 0 aliphatic heterocycles. The van der Waals surface area contributed by atoms with E-state index in [0.717, 1.165) is 11.1 Å². The summed E-state index contributed by atoms with van der Waals surface area (Å²) in [5.74, 6) is -3.09. The second-order valence-electron chi connectivity index (χ2n) is 8.60. The van der Waals surface area contributed by atoms with Gasteiger partial charge in [-0.15, -0.1) is 0 Å². The molecule has 2 saturated carbocycles. The van der Waals surface area contributed by atoms with E-state index >= 15 is 0 Å². The number of rotatable bonds is 6. The molecule has 0 radical (unpaired) electrons. The van der Waals surface area contributed by atoms with Crippen molar-refractivity contribution in [2.75, 3.05) is 5.73 Å². The highest BCUT2D eigenvalue weighted by Gasteiger charge is 2.54. The van der Waals surface area contributed by atoms with Crippen LogP contribution in [0.25, 0.3) is 0 Å². The van der Waals surface area contributed by atoms with Crippen molar-refractivity contribution in [3.63, 3.8) is 0 Å². The Kier molecular flexibility index (Phi) is 5.60. The van der Waals surface area contributed by atoms with E-state index in [2.05, 4.69) is 4.98 Å². The van der Waals surface area contributed by atoms with Gasteiger partial charge in [-0.25, -0.2) is 18.5 Å². The molecule has 0 bridgehead atoms. The maximum absolute atomic E-state index is 13.6. The number of hydrogen-bond donors (Lipinski definition) is 2. The van der Waals surface area contributed by atoms with Gasteiger partial charge < -0.3 is 10.5 Å².